The van der Waals surface area contributed by atoms with E-state index < -0.39 is 0 Å². The molecule has 0 unspecified atom stereocenters. The van der Waals surface area contributed by atoms with Gasteiger partial charge < -0.3 is 10.2 Å². The number of aromatic nitrogens is 3. The normalized spacial score (nSPS) is 11.2. The Labute approximate surface area is 124 Å². The molecule has 0 aromatic carbocycles. The molecular weight excluding hydrogens is 270 g/mol. The summed E-state index contributed by atoms with van der Waals surface area (Å²) in [5, 5.41) is 8.68. The third-order valence-corrected chi connectivity index (χ3v) is 4.01. The number of thiazole rings is 1. The summed E-state index contributed by atoms with van der Waals surface area (Å²) in [4.78, 5) is 7.93. The van der Waals surface area contributed by atoms with E-state index in [1.165, 1.54) is 10.4 Å². The highest BCUT2D eigenvalue weighted by atomic mass is 32.1. The van der Waals surface area contributed by atoms with Crippen molar-refractivity contribution in [1.29, 1.82) is 0 Å². The molecule has 0 saturated heterocycles. The molecule has 0 aliphatic rings. The van der Waals surface area contributed by atoms with Gasteiger partial charge in [-0.05, 0) is 12.5 Å². The molecule has 2 rings (SSSR count). The minimum absolute atomic E-state index is 0.677. The van der Waals surface area contributed by atoms with E-state index in [4.69, 9.17) is 0 Å². The van der Waals surface area contributed by atoms with Crippen molar-refractivity contribution in [3.63, 3.8) is 0 Å². The largest absolute Gasteiger partial charge is 0.347 e. The molecule has 0 aliphatic heterocycles. The average molecular weight is 293 g/mol. The van der Waals surface area contributed by atoms with Crippen molar-refractivity contribution >= 4 is 16.5 Å². The molecule has 6 heteroatoms. The van der Waals surface area contributed by atoms with E-state index in [9.17, 15) is 0 Å². The topological polar surface area (TPSA) is 46.0 Å². The fourth-order valence-electron chi connectivity index (χ4n) is 1.93. The highest BCUT2D eigenvalue weighted by Crippen LogP contribution is 2.22. The number of nitrogens with zero attached hydrogens (tertiary/aromatic N) is 4. The van der Waals surface area contributed by atoms with Gasteiger partial charge in [-0.25, -0.2) is 4.98 Å². The van der Waals surface area contributed by atoms with Gasteiger partial charge >= 0.3 is 0 Å². The Morgan fingerprint density at radius 1 is 1.40 bits per heavy atom. The number of hydrogen-bond acceptors (Lipinski definition) is 5. The van der Waals surface area contributed by atoms with Crippen LogP contribution in [0.5, 0.6) is 0 Å². The smallest absolute Gasteiger partial charge is 0.185 e. The lowest BCUT2D eigenvalue weighted by Crippen LogP contribution is -2.18. The van der Waals surface area contributed by atoms with Gasteiger partial charge in [-0.2, -0.15) is 5.10 Å². The number of hydrogen-bond donors (Lipinski definition) is 1. The van der Waals surface area contributed by atoms with E-state index in [1.807, 2.05) is 30.3 Å². The molecule has 0 saturated carbocycles. The monoisotopic (exact) mass is 293 g/mol. The van der Waals surface area contributed by atoms with Crippen LogP contribution in [0.2, 0.25) is 0 Å². The van der Waals surface area contributed by atoms with Gasteiger partial charge in [0.1, 0.15) is 0 Å². The van der Waals surface area contributed by atoms with Gasteiger partial charge in [0.2, 0.25) is 0 Å². The highest BCUT2D eigenvalue weighted by molar-refractivity contribution is 7.15. The molecule has 0 aliphatic carbocycles. The van der Waals surface area contributed by atoms with Crippen LogP contribution in [0.4, 0.5) is 5.13 Å². The first kappa shape index (κ1) is 15.0. The second-order valence-electron chi connectivity index (χ2n) is 5.51. The minimum Gasteiger partial charge on any atom is -0.347 e. The van der Waals surface area contributed by atoms with Crippen molar-refractivity contribution in [3.8, 4) is 0 Å². The van der Waals surface area contributed by atoms with Crippen molar-refractivity contribution in [2.75, 3.05) is 18.5 Å². The Kier molecular flexibility index (Phi) is 5.14. The SMILES string of the molecule is CC(C)CNCc1cnc(N(C)Cc2cnn(C)c2)s1. The molecule has 110 valence electrons. The fourth-order valence-corrected chi connectivity index (χ4v) is 2.77. The van der Waals surface area contributed by atoms with E-state index in [1.54, 1.807) is 11.3 Å². The lowest BCUT2D eigenvalue weighted by Gasteiger charge is -2.14. The zero-order chi connectivity index (χ0) is 14.5. The summed E-state index contributed by atoms with van der Waals surface area (Å²) in [6, 6.07) is 0. The summed E-state index contributed by atoms with van der Waals surface area (Å²) in [7, 11) is 4.00. The third kappa shape index (κ3) is 4.31. The number of nitrogens with one attached hydrogen (secondary N) is 1. The Balaban J connectivity index is 1.87. The first-order valence-corrected chi connectivity index (χ1v) is 7.70. The van der Waals surface area contributed by atoms with Gasteiger partial charge in [0.25, 0.3) is 0 Å². The molecule has 0 spiro atoms. The Hall–Kier alpha value is -1.40. The molecule has 2 aromatic rings. The van der Waals surface area contributed by atoms with Gasteiger partial charge in [0.15, 0.2) is 5.13 Å². The molecule has 1 N–H and O–H groups in total. The quantitative estimate of drug-likeness (QED) is 0.850. The summed E-state index contributed by atoms with van der Waals surface area (Å²) < 4.78 is 1.83. The van der Waals surface area contributed by atoms with Crippen LogP contribution in [0.1, 0.15) is 24.3 Å². The third-order valence-electron chi connectivity index (χ3n) is 2.90. The number of rotatable bonds is 7. The molecule has 0 radical (unpaired) electrons. The van der Waals surface area contributed by atoms with E-state index in [0.717, 1.165) is 24.8 Å². The number of aryl methyl sites for hydroxylation is 1. The predicted molar refractivity (Wildman–Crippen MR) is 84.0 cm³/mol. The fraction of sp³-hybridized carbons (Fsp3) is 0.571. The van der Waals surface area contributed by atoms with Crippen LogP contribution in [0, 0.1) is 5.92 Å². The van der Waals surface area contributed by atoms with Crippen molar-refractivity contribution in [2.24, 2.45) is 13.0 Å². The molecule has 0 amide bonds. The van der Waals surface area contributed by atoms with Crippen LogP contribution >= 0.6 is 11.3 Å². The van der Waals surface area contributed by atoms with E-state index >= 15 is 0 Å². The maximum absolute atomic E-state index is 4.49. The van der Waals surface area contributed by atoms with Crippen LogP contribution in [0.25, 0.3) is 0 Å². The molecule has 2 heterocycles. The highest BCUT2D eigenvalue weighted by Gasteiger charge is 2.08. The van der Waals surface area contributed by atoms with Gasteiger partial charge in [0, 0.05) is 50.0 Å². The summed E-state index contributed by atoms with van der Waals surface area (Å²) in [6.07, 6.45) is 5.90. The summed E-state index contributed by atoms with van der Waals surface area (Å²) >= 11 is 1.74. The first-order valence-electron chi connectivity index (χ1n) is 6.88. The van der Waals surface area contributed by atoms with Crippen molar-refractivity contribution in [3.05, 3.63) is 29.0 Å². The molecular formula is C14H23N5S. The van der Waals surface area contributed by atoms with Crippen molar-refractivity contribution in [2.45, 2.75) is 26.9 Å². The molecule has 2 aromatic heterocycles. The van der Waals surface area contributed by atoms with E-state index in [2.05, 4.69) is 41.2 Å². The molecule has 5 nitrogen and oxygen atoms in total. The van der Waals surface area contributed by atoms with Gasteiger partial charge in [0.05, 0.1) is 6.20 Å². The standard InChI is InChI=1S/C14H23N5S/c1-11(2)5-15-7-13-8-16-14(20-13)18(3)9-12-6-17-19(4)10-12/h6,8,10-11,15H,5,7,9H2,1-4H3. The maximum atomic E-state index is 4.49. The Morgan fingerprint density at radius 2 is 2.20 bits per heavy atom. The van der Waals surface area contributed by atoms with Crippen LogP contribution < -0.4 is 10.2 Å². The Morgan fingerprint density at radius 3 is 2.85 bits per heavy atom. The lowest BCUT2D eigenvalue weighted by atomic mass is 10.2. The van der Waals surface area contributed by atoms with Crippen LogP contribution in [-0.4, -0.2) is 28.4 Å². The average Bonchev–Trinajstić information content (AvgIpc) is 2.98. The second kappa shape index (κ2) is 6.85. The summed E-state index contributed by atoms with van der Waals surface area (Å²) in [5.74, 6) is 0.677. The van der Waals surface area contributed by atoms with Gasteiger partial charge in [-0.15, -0.1) is 11.3 Å². The maximum Gasteiger partial charge on any atom is 0.185 e. The van der Waals surface area contributed by atoms with Gasteiger partial charge in [-0.1, -0.05) is 13.8 Å². The summed E-state index contributed by atoms with van der Waals surface area (Å²) in [5.41, 5.74) is 1.20. The predicted octanol–water partition coefficient (Wildman–Crippen LogP) is 2.26. The van der Waals surface area contributed by atoms with Crippen molar-refractivity contribution in [1.82, 2.24) is 20.1 Å². The Bertz CT molecular complexity index is 531. The first-order chi connectivity index (χ1) is 9.54. The molecule has 20 heavy (non-hydrogen) atoms. The zero-order valence-corrected chi connectivity index (χ0v) is 13.4. The molecule has 0 bridgehead atoms. The van der Waals surface area contributed by atoms with Crippen molar-refractivity contribution < 1.29 is 0 Å². The number of anilines is 1. The lowest BCUT2D eigenvalue weighted by molar-refractivity contribution is 0.554. The minimum atomic E-state index is 0.677. The van der Waals surface area contributed by atoms with Gasteiger partial charge in [-0.3, -0.25) is 4.68 Å². The molecule has 0 fully saturated rings. The van der Waals surface area contributed by atoms with Crippen LogP contribution in [0.3, 0.4) is 0 Å². The van der Waals surface area contributed by atoms with E-state index in [0.29, 0.717) is 5.92 Å². The van der Waals surface area contributed by atoms with E-state index in [-0.39, 0.29) is 0 Å². The van der Waals surface area contributed by atoms with Crippen LogP contribution in [0.15, 0.2) is 18.6 Å². The second-order valence-corrected chi connectivity index (χ2v) is 6.61. The zero-order valence-electron chi connectivity index (χ0n) is 12.6. The van der Waals surface area contributed by atoms with Crippen LogP contribution in [-0.2, 0) is 20.1 Å². The molecule has 0 atom stereocenters. The summed E-state index contributed by atoms with van der Waals surface area (Å²) in [6.45, 7) is 7.20.